The van der Waals surface area contributed by atoms with Crippen molar-refractivity contribution < 1.29 is 9.52 Å². The fourth-order valence-corrected chi connectivity index (χ4v) is 3.36. The third kappa shape index (κ3) is 2.84. The minimum absolute atomic E-state index is 0.0233. The second-order valence-electron chi connectivity index (χ2n) is 6.66. The summed E-state index contributed by atoms with van der Waals surface area (Å²) >= 11 is 0. The second-order valence-corrected chi connectivity index (χ2v) is 6.66. The number of nitrogens with zero attached hydrogens (tertiary/aromatic N) is 5. The van der Waals surface area contributed by atoms with E-state index in [2.05, 4.69) is 15.1 Å². The molecular formula is C21H15N5O4. The molecule has 0 saturated carbocycles. The van der Waals surface area contributed by atoms with Crippen LogP contribution in [0.25, 0.3) is 27.5 Å². The van der Waals surface area contributed by atoms with E-state index in [-0.39, 0.29) is 23.4 Å². The highest BCUT2D eigenvalue weighted by molar-refractivity contribution is 5.93. The summed E-state index contributed by atoms with van der Waals surface area (Å²) in [5.41, 5.74) is 0.740. The molecule has 4 aromatic heterocycles. The Bertz CT molecular complexity index is 1560. The molecule has 148 valence electrons. The van der Waals surface area contributed by atoms with Gasteiger partial charge in [0.2, 0.25) is 0 Å². The molecule has 0 atom stereocenters. The molecule has 1 N–H and O–H groups in total. The van der Waals surface area contributed by atoms with Gasteiger partial charge in [-0.2, -0.15) is 5.10 Å². The zero-order valence-electron chi connectivity index (χ0n) is 15.6. The number of fused-ring (bicyclic) bond motifs is 4. The first-order valence-corrected chi connectivity index (χ1v) is 9.20. The molecule has 0 amide bonds. The Hall–Kier alpha value is -4.27. The molecule has 30 heavy (non-hydrogen) atoms. The molecule has 4 heterocycles. The van der Waals surface area contributed by atoms with Crippen LogP contribution in [0.15, 0.2) is 74.0 Å². The zero-order chi connectivity index (χ0) is 20.7. The molecular weight excluding hydrogens is 386 g/mol. The summed E-state index contributed by atoms with van der Waals surface area (Å²) < 4.78 is 8.33. The van der Waals surface area contributed by atoms with E-state index in [1.807, 2.05) is 0 Å². The normalized spacial score (nSPS) is 11.9. The molecule has 0 radical (unpaired) electrons. The van der Waals surface area contributed by atoms with E-state index in [1.165, 1.54) is 17.0 Å². The second kappa shape index (κ2) is 6.96. The number of pyridine rings is 1. The average molecular weight is 401 g/mol. The monoisotopic (exact) mass is 401 g/mol. The summed E-state index contributed by atoms with van der Waals surface area (Å²) in [5, 5.41) is 15.4. The highest BCUT2D eigenvalue weighted by Gasteiger charge is 2.11. The molecule has 0 aliphatic heterocycles. The van der Waals surface area contributed by atoms with Crippen molar-refractivity contribution in [1.82, 2.24) is 19.2 Å². The number of rotatable bonds is 4. The largest absolute Gasteiger partial charge is 0.506 e. The molecule has 5 aromatic rings. The van der Waals surface area contributed by atoms with Gasteiger partial charge in [-0.1, -0.05) is 12.1 Å². The molecule has 0 saturated heterocycles. The van der Waals surface area contributed by atoms with Crippen LogP contribution in [0.2, 0.25) is 0 Å². The molecule has 5 rings (SSSR count). The molecule has 0 bridgehead atoms. The van der Waals surface area contributed by atoms with Crippen molar-refractivity contribution in [1.29, 1.82) is 0 Å². The van der Waals surface area contributed by atoms with Gasteiger partial charge in [-0.15, -0.1) is 0 Å². The molecule has 0 aliphatic carbocycles. The Labute approximate surface area is 168 Å². The van der Waals surface area contributed by atoms with Crippen molar-refractivity contribution in [2.45, 2.75) is 6.54 Å². The van der Waals surface area contributed by atoms with E-state index in [0.717, 1.165) is 0 Å². The number of para-hydroxylation sites is 1. The van der Waals surface area contributed by atoms with Crippen LogP contribution in [-0.2, 0) is 6.54 Å². The number of aliphatic imine (C=N–C) groups is 1. The average Bonchev–Trinajstić information content (AvgIpc) is 3.24. The third-order valence-corrected chi connectivity index (χ3v) is 4.87. The van der Waals surface area contributed by atoms with Gasteiger partial charge < -0.3 is 14.1 Å². The number of hydrogen-bond donors (Lipinski definition) is 1. The lowest BCUT2D eigenvalue weighted by Crippen LogP contribution is -2.21. The van der Waals surface area contributed by atoms with Crippen LogP contribution in [0, 0.1) is 0 Å². The highest BCUT2D eigenvalue weighted by atomic mass is 16.4. The summed E-state index contributed by atoms with van der Waals surface area (Å²) in [7, 11) is 0. The van der Waals surface area contributed by atoms with Gasteiger partial charge >= 0.3 is 5.63 Å². The SMILES string of the molecule is O=c1oc2ccccc2c(O)c1C=NCCn1ccc2c(cnc3ccnn32)c1=O. The Morgan fingerprint density at radius 1 is 1.13 bits per heavy atom. The molecule has 0 aliphatic rings. The van der Waals surface area contributed by atoms with Crippen molar-refractivity contribution in [3.8, 4) is 5.75 Å². The van der Waals surface area contributed by atoms with Crippen molar-refractivity contribution in [2.75, 3.05) is 6.54 Å². The Balaban J connectivity index is 1.41. The van der Waals surface area contributed by atoms with E-state index in [9.17, 15) is 14.7 Å². The van der Waals surface area contributed by atoms with Crippen LogP contribution in [0.3, 0.4) is 0 Å². The standard InChI is InChI=1S/C21H15N5O4/c27-19-13-3-1-2-4-17(13)30-21(29)15(19)11-22-8-10-25-9-6-16-14(20(25)28)12-23-18-5-7-24-26(16)18/h1-7,9,11-12,27H,8,10H2. The van der Waals surface area contributed by atoms with Crippen LogP contribution in [-0.4, -0.2) is 37.0 Å². The first-order valence-electron chi connectivity index (χ1n) is 9.20. The molecule has 9 heteroatoms. The van der Waals surface area contributed by atoms with Gasteiger partial charge in [-0.05, 0) is 18.2 Å². The Kier molecular flexibility index (Phi) is 4.13. The van der Waals surface area contributed by atoms with Gasteiger partial charge in [0.05, 0.1) is 29.0 Å². The van der Waals surface area contributed by atoms with Crippen molar-refractivity contribution in [3.05, 3.63) is 81.3 Å². The van der Waals surface area contributed by atoms with Crippen molar-refractivity contribution >= 4 is 33.7 Å². The summed E-state index contributed by atoms with van der Waals surface area (Å²) in [6.07, 6.45) is 6.10. The minimum Gasteiger partial charge on any atom is -0.506 e. The molecule has 0 unspecified atom stereocenters. The van der Waals surface area contributed by atoms with Crippen LogP contribution in [0.4, 0.5) is 0 Å². The first kappa shape index (κ1) is 17.8. The summed E-state index contributed by atoms with van der Waals surface area (Å²) in [6, 6.07) is 10.3. The van der Waals surface area contributed by atoms with Crippen LogP contribution in [0.5, 0.6) is 5.75 Å². The van der Waals surface area contributed by atoms with E-state index in [0.29, 0.717) is 34.1 Å². The number of aromatic nitrogens is 4. The summed E-state index contributed by atoms with van der Waals surface area (Å²) in [6.45, 7) is 0.524. The van der Waals surface area contributed by atoms with Gasteiger partial charge in [0.25, 0.3) is 5.56 Å². The summed E-state index contributed by atoms with van der Waals surface area (Å²) in [5.74, 6) is -0.178. The minimum atomic E-state index is -0.674. The van der Waals surface area contributed by atoms with E-state index in [1.54, 1.807) is 53.3 Å². The number of aromatic hydroxyl groups is 1. The number of hydrogen-bond acceptors (Lipinski definition) is 7. The Morgan fingerprint density at radius 2 is 2.00 bits per heavy atom. The van der Waals surface area contributed by atoms with Gasteiger partial charge in [-0.25, -0.2) is 14.3 Å². The van der Waals surface area contributed by atoms with E-state index >= 15 is 0 Å². The fourth-order valence-electron chi connectivity index (χ4n) is 3.36. The van der Waals surface area contributed by atoms with Crippen LogP contribution >= 0.6 is 0 Å². The highest BCUT2D eigenvalue weighted by Crippen LogP contribution is 2.24. The van der Waals surface area contributed by atoms with Crippen molar-refractivity contribution in [3.63, 3.8) is 0 Å². The maximum Gasteiger partial charge on any atom is 0.348 e. The topological polar surface area (TPSA) is 115 Å². The first-order chi connectivity index (χ1) is 14.6. The predicted octanol–water partition coefficient (Wildman–Crippen LogP) is 1.98. The lowest BCUT2D eigenvalue weighted by Gasteiger charge is -2.06. The van der Waals surface area contributed by atoms with Gasteiger partial charge in [0.15, 0.2) is 5.65 Å². The Morgan fingerprint density at radius 3 is 2.90 bits per heavy atom. The summed E-state index contributed by atoms with van der Waals surface area (Å²) in [4.78, 5) is 33.3. The van der Waals surface area contributed by atoms with E-state index < -0.39 is 5.63 Å². The predicted molar refractivity (Wildman–Crippen MR) is 111 cm³/mol. The fraction of sp³-hybridized carbons (Fsp3) is 0.0952. The van der Waals surface area contributed by atoms with Gasteiger partial charge in [0.1, 0.15) is 16.9 Å². The third-order valence-electron chi connectivity index (χ3n) is 4.87. The zero-order valence-corrected chi connectivity index (χ0v) is 15.6. The molecule has 0 fully saturated rings. The van der Waals surface area contributed by atoms with Gasteiger partial charge in [-0.3, -0.25) is 9.79 Å². The lowest BCUT2D eigenvalue weighted by molar-refractivity contribution is 0.466. The maximum atomic E-state index is 12.7. The number of benzene rings is 1. The quantitative estimate of drug-likeness (QED) is 0.364. The van der Waals surface area contributed by atoms with Crippen LogP contribution < -0.4 is 11.2 Å². The molecule has 1 aromatic carbocycles. The smallest absolute Gasteiger partial charge is 0.348 e. The maximum absolute atomic E-state index is 12.7. The lowest BCUT2D eigenvalue weighted by atomic mass is 10.1. The molecule has 9 nitrogen and oxygen atoms in total. The van der Waals surface area contributed by atoms with Crippen LogP contribution in [0.1, 0.15) is 5.56 Å². The molecule has 0 spiro atoms. The van der Waals surface area contributed by atoms with E-state index in [4.69, 9.17) is 4.42 Å². The van der Waals surface area contributed by atoms with Crippen molar-refractivity contribution in [2.24, 2.45) is 4.99 Å². The van der Waals surface area contributed by atoms with Gasteiger partial charge in [0, 0.05) is 31.2 Å².